The van der Waals surface area contributed by atoms with Gasteiger partial charge in [-0.15, -0.1) is 11.3 Å². The molecule has 1 aromatic heterocycles. The van der Waals surface area contributed by atoms with Gasteiger partial charge < -0.3 is 4.74 Å². The molecule has 0 atom stereocenters. The van der Waals surface area contributed by atoms with Crippen LogP contribution in [0, 0.1) is 0 Å². The molecule has 0 radical (unpaired) electrons. The highest BCUT2D eigenvalue weighted by atomic mass is 32.1. The van der Waals surface area contributed by atoms with Crippen LogP contribution in [0.5, 0.6) is 5.75 Å². The van der Waals surface area contributed by atoms with Crippen molar-refractivity contribution in [2.45, 2.75) is 13.3 Å². The van der Waals surface area contributed by atoms with Crippen molar-refractivity contribution in [3.8, 4) is 5.75 Å². The third kappa shape index (κ3) is 4.32. The van der Waals surface area contributed by atoms with E-state index in [9.17, 15) is 9.59 Å². The van der Waals surface area contributed by atoms with Gasteiger partial charge in [-0.2, -0.15) is 0 Å². The summed E-state index contributed by atoms with van der Waals surface area (Å²) < 4.78 is 5.45. The molecule has 1 aromatic carbocycles. The van der Waals surface area contributed by atoms with Crippen molar-refractivity contribution in [3.05, 3.63) is 52.2 Å². The maximum absolute atomic E-state index is 11.6. The quantitative estimate of drug-likeness (QED) is 0.832. The molecular formula is C15H16N2O3S. The molecule has 2 rings (SSSR count). The summed E-state index contributed by atoms with van der Waals surface area (Å²) in [6, 6.07) is 11.0. The van der Waals surface area contributed by atoms with Gasteiger partial charge in [0.2, 0.25) is 0 Å². The third-order valence-corrected chi connectivity index (χ3v) is 3.64. The van der Waals surface area contributed by atoms with Crippen LogP contribution < -0.4 is 15.6 Å². The summed E-state index contributed by atoms with van der Waals surface area (Å²) in [4.78, 5) is 23.8. The van der Waals surface area contributed by atoms with Gasteiger partial charge in [0.1, 0.15) is 5.75 Å². The molecule has 2 amide bonds. The number of para-hydroxylation sites is 1. The van der Waals surface area contributed by atoms with Gasteiger partial charge >= 0.3 is 0 Å². The van der Waals surface area contributed by atoms with Crippen molar-refractivity contribution in [2.24, 2.45) is 0 Å². The van der Waals surface area contributed by atoms with Crippen LogP contribution >= 0.6 is 11.3 Å². The van der Waals surface area contributed by atoms with Crippen molar-refractivity contribution in [1.82, 2.24) is 10.9 Å². The van der Waals surface area contributed by atoms with E-state index >= 15 is 0 Å². The number of nitrogens with one attached hydrogen (secondary N) is 2. The van der Waals surface area contributed by atoms with Crippen LogP contribution in [0.2, 0.25) is 0 Å². The lowest BCUT2D eigenvalue weighted by molar-refractivity contribution is -0.123. The van der Waals surface area contributed by atoms with Crippen LogP contribution in [0.1, 0.15) is 22.2 Å². The third-order valence-electron chi connectivity index (χ3n) is 2.77. The second kappa shape index (κ2) is 7.44. The summed E-state index contributed by atoms with van der Waals surface area (Å²) in [5.74, 6) is -0.0714. The monoisotopic (exact) mass is 304 g/mol. The molecule has 0 spiro atoms. The van der Waals surface area contributed by atoms with Crippen LogP contribution in [-0.4, -0.2) is 18.4 Å². The number of thiophene rings is 1. The Morgan fingerprint density at radius 2 is 1.95 bits per heavy atom. The van der Waals surface area contributed by atoms with Gasteiger partial charge in [-0.05, 0) is 29.5 Å². The molecule has 1 heterocycles. The lowest BCUT2D eigenvalue weighted by Gasteiger charge is -2.10. The fourth-order valence-electron chi connectivity index (χ4n) is 1.71. The highest BCUT2D eigenvalue weighted by Gasteiger charge is 2.09. The molecule has 0 saturated carbocycles. The smallest absolute Gasteiger partial charge is 0.279 e. The van der Waals surface area contributed by atoms with Gasteiger partial charge in [-0.3, -0.25) is 20.4 Å². The van der Waals surface area contributed by atoms with Crippen LogP contribution in [0.15, 0.2) is 41.8 Å². The molecule has 110 valence electrons. The summed E-state index contributed by atoms with van der Waals surface area (Å²) in [7, 11) is 0. The summed E-state index contributed by atoms with van der Waals surface area (Å²) >= 11 is 1.30. The van der Waals surface area contributed by atoms with Crippen LogP contribution in [0.4, 0.5) is 0 Å². The van der Waals surface area contributed by atoms with Crippen molar-refractivity contribution in [1.29, 1.82) is 0 Å². The van der Waals surface area contributed by atoms with Crippen molar-refractivity contribution < 1.29 is 14.3 Å². The lowest BCUT2D eigenvalue weighted by atomic mass is 10.1. The fraction of sp³-hybridized carbons (Fsp3) is 0.200. The number of hydrazine groups is 1. The molecule has 5 nitrogen and oxygen atoms in total. The topological polar surface area (TPSA) is 67.4 Å². The summed E-state index contributed by atoms with van der Waals surface area (Å²) in [5.41, 5.74) is 5.70. The van der Waals surface area contributed by atoms with Gasteiger partial charge in [0.25, 0.3) is 11.8 Å². The number of hydrogen-bond donors (Lipinski definition) is 2. The lowest BCUT2D eigenvalue weighted by Crippen LogP contribution is -2.43. The molecule has 2 aromatic rings. The van der Waals surface area contributed by atoms with E-state index in [0.717, 1.165) is 12.0 Å². The van der Waals surface area contributed by atoms with Gasteiger partial charge in [0.05, 0.1) is 4.88 Å². The van der Waals surface area contributed by atoms with Crippen LogP contribution in [0.3, 0.4) is 0 Å². The number of benzene rings is 1. The Balaban J connectivity index is 1.78. The van der Waals surface area contributed by atoms with E-state index in [1.54, 1.807) is 17.5 Å². The molecule has 2 N–H and O–H groups in total. The van der Waals surface area contributed by atoms with Crippen molar-refractivity contribution in [2.75, 3.05) is 6.61 Å². The maximum Gasteiger partial charge on any atom is 0.279 e. The van der Waals surface area contributed by atoms with Crippen molar-refractivity contribution in [3.63, 3.8) is 0 Å². The molecule has 0 aliphatic carbocycles. The minimum atomic E-state index is -0.411. The Labute approximate surface area is 126 Å². The number of ether oxygens (including phenoxy) is 1. The Bertz CT molecular complexity index is 611. The molecule has 0 bridgehead atoms. The Hall–Kier alpha value is -2.34. The highest BCUT2D eigenvalue weighted by molar-refractivity contribution is 7.12. The van der Waals surface area contributed by atoms with E-state index in [4.69, 9.17) is 4.74 Å². The first kappa shape index (κ1) is 15.1. The van der Waals surface area contributed by atoms with Crippen LogP contribution in [0.25, 0.3) is 0 Å². The largest absolute Gasteiger partial charge is 0.483 e. The fourth-order valence-corrected chi connectivity index (χ4v) is 2.33. The first-order valence-corrected chi connectivity index (χ1v) is 7.42. The second-order valence-corrected chi connectivity index (χ2v) is 5.18. The predicted octanol–water partition coefficient (Wildman–Crippen LogP) is 2.15. The number of carbonyl (C=O) groups excluding carboxylic acids is 2. The highest BCUT2D eigenvalue weighted by Crippen LogP contribution is 2.17. The Kier molecular flexibility index (Phi) is 5.34. The molecule has 0 unspecified atom stereocenters. The second-order valence-electron chi connectivity index (χ2n) is 4.23. The zero-order chi connectivity index (χ0) is 15.1. The predicted molar refractivity (Wildman–Crippen MR) is 81.2 cm³/mol. The minimum Gasteiger partial charge on any atom is -0.483 e. The molecule has 0 fully saturated rings. The van der Waals surface area contributed by atoms with E-state index in [1.165, 1.54) is 11.3 Å². The number of aryl methyl sites for hydroxylation is 1. The van der Waals surface area contributed by atoms with Crippen molar-refractivity contribution >= 4 is 23.2 Å². The first-order valence-electron chi connectivity index (χ1n) is 6.54. The van der Waals surface area contributed by atoms with E-state index in [2.05, 4.69) is 10.9 Å². The Morgan fingerprint density at radius 1 is 1.14 bits per heavy atom. The molecular weight excluding hydrogens is 288 g/mol. The molecule has 21 heavy (non-hydrogen) atoms. The first-order chi connectivity index (χ1) is 10.2. The summed E-state index contributed by atoms with van der Waals surface area (Å²) in [6.45, 7) is 1.87. The average molecular weight is 304 g/mol. The molecule has 0 saturated heterocycles. The van der Waals surface area contributed by atoms with E-state index < -0.39 is 5.91 Å². The van der Waals surface area contributed by atoms with Gasteiger partial charge in [0.15, 0.2) is 6.61 Å². The number of hydrogen-bond acceptors (Lipinski definition) is 4. The number of amides is 2. The minimum absolute atomic E-state index is 0.151. The van der Waals surface area contributed by atoms with Crippen LogP contribution in [-0.2, 0) is 11.2 Å². The summed E-state index contributed by atoms with van der Waals surface area (Å²) in [6.07, 6.45) is 0.826. The average Bonchev–Trinajstić information content (AvgIpc) is 3.05. The zero-order valence-corrected chi connectivity index (χ0v) is 12.4. The molecule has 0 aliphatic heterocycles. The van der Waals surface area contributed by atoms with Gasteiger partial charge in [0, 0.05) is 0 Å². The summed E-state index contributed by atoms with van der Waals surface area (Å²) in [5, 5.41) is 1.79. The normalized spacial score (nSPS) is 9.95. The van der Waals surface area contributed by atoms with E-state index in [1.807, 2.05) is 31.2 Å². The van der Waals surface area contributed by atoms with Gasteiger partial charge in [-0.1, -0.05) is 31.2 Å². The van der Waals surface area contributed by atoms with E-state index in [0.29, 0.717) is 10.6 Å². The van der Waals surface area contributed by atoms with E-state index in [-0.39, 0.29) is 12.5 Å². The maximum atomic E-state index is 11.6. The number of rotatable bonds is 5. The number of carbonyl (C=O) groups is 2. The van der Waals surface area contributed by atoms with Gasteiger partial charge in [-0.25, -0.2) is 0 Å². The molecule has 0 aliphatic rings. The SMILES string of the molecule is CCc1ccccc1OCC(=O)NNC(=O)c1cccs1. The molecule has 6 heteroatoms. The Morgan fingerprint density at radius 3 is 2.67 bits per heavy atom. The standard InChI is InChI=1S/C15H16N2O3S/c1-2-11-6-3-4-7-12(11)20-10-14(18)16-17-15(19)13-8-5-9-21-13/h3-9H,2,10H2,1H3,(H,16,18)(H,17,19). The zero-order valence-electron chi connectivity index (χ0n) is 11.6.